The van der Waals surface area contributed by atoms with Crippen molar-refractivity contribution in [3.8, 4) is 11.5 Å². The van der Waals surface area contributed by atoms with E-state index in [9.17, 15) is 9.90 Å². The number of aromatic hydroxyl groups is 1. The van der Waals surface area contributed by atoms with Crippen LogP contribution in [-0.4, -0.2) is 30.7 Å². The highest BCUT2D eigenvalue weighted by atomic mass is 16.5. The van der Waals surface area contributed by atoms with Crippen LogP contribution < -0.4 is 15.4 Å². The number of phenols is 1. The van der Waals surface area contributed by atoms with E-state index in [1.807, 2.05) is 12.1 Å². The molecule has 1 unspecified atom stereocenters. The summed E-state index contributed by atoms with van der Waals surface area (Å²) in [5, 5.41) is 16.0. The van der Waals surface area contributed by atoms with Gasteiger partial charge in [0.1, 0.15) is 0 Å². The van der Waals surface area contributed by atoms with Gasteiger partial charge in [-0.1, -0.05) is 12.1 Å². The Morgan fingerprint density at radius 1 is 1.56 bits per heavy atom. The fraction of sp³-hybridized carbons (Fsp3) is 0.462. The maximum Gasteiger partial charge on any atom is 0.220 e. The molecule has 3 N–H and O–H groups in total. The lowest BCUT2D eigenvalue weighted by molar-refractivity contribution is -0.119. The van der Waals surface area contributed by atoms with Gasteiger partial charge < -0.3 is 20.5 Å². The molecule has 0 spiro atoms. The van der Waals surface area contributed by atoms with Crippen LogP contribution in [0.4, 0.5) is 0 Å². The standard InChI is InChI=1S/C13H18N2O3/c1-18-11-4-2-3-9(13(11)17)7-14-8-10-5-6-12(16)15-10/h2-4,10,14,17H,5-8H2,1H3,(H,15,16). The molecule has 1 atom stereocenters. The number of carbonyl (C=O) groups is 1. The molecule has 5 nitrogen and oxygen atoms in total. The molecule has 1 amide bonds. The van der Waals surface area contributed by atoms with Gasteiger partial charge in [-0.15, -0.1) is 0 Å². The quantitative estimate of drug-likeness (QED) is 0.722. The average molecular weight is 250 g/mol. The van der Waals surface area contributed by atoms with Crippen LogP contribution in [0.5, 0.6) is 11.5 Å². The van der Waals surface area contributed by atoms with Crippen molar-refractivity contribution in [3.05, 3.63) is 23.8 Å². The van der Waals surface area contributed by atoms with Crippen molar-refractivity contribution >= 4 is 5.91 Å². The highest BCUT2D eigenvalue weighted by Crippen LogP contribution is 2.29. The number of ether oxygens (including phenoxy) is 1. The summed E-state index contributed by atoms with van der Waals surface area (Å²) in [6.07, 6.45) is 1.48. The fourth-order valence-electron chi connectivity index (χ4n) is 2.09. The number of phenolic OH excluding ortho intramolecular Hbond substituents is 1. The van der Waals surface area contributed by atoms with Crippen LogP contribution in [0, 0.1) is 0 Å². The molecule has 1 aliphatic heterocycles. The van der Waals surface area contributed by atoms with Gasteiger partial charge in [-0.2, -0.15) is 0 Å². The molecule has 0 aromatic heterocycles. The number of carbonyl (C=O) groups excluding carboxylic acids is 1. The summed E-state index contributed by atoms with van der Waals surface area (Å²) in [4.78, 5) is 11.0. The van der Waals surface area contributed by atoms with E-state index < -0.39 is 0 Å². The van der Waals surface area contributed by atoms with E-state index in [-0.39, 0.29) is 17.7 Å². The van der Waals surface area contributed by atoms with Crippen LogP contribution >= 0.6 is 0 Å². The normalized spacial score (nSPS) is 18.7. The molecule has 1 aromatic carbocycles. The number of benzene rings is 1. The predicted octanol–water partition coefficient (Wildman–Crippen LogP) is 0.769. The van der Waals surface area contributed by atoms with E-state index in [4.69, 9.17) is 4.74 Å². The van der Waals surface area contributed by atoms with Crippen LogP contribution in [0.15, 0.2) is 18.2 Å². The minimum atomic E-state index is 0.117. The summed E-state index contributed by atoms with van der Waals surface area (Å²) in [5.74, 6) is 0.762. The lowest BCUT2D eigenvalue weighted by Gasteiger charge is -2.13. The van der Waals surface area contributed by atoms with Gasteiger partial charge in [0.15, 0.2) is 11.5 Å². The van der Waals surface area contributed by atoms with Crippen molar-refractivity contribution in [2.45, 2.75) is 25.4 Å². The van der Waals surface area contributed by atoms with Crippen molar-refractivity contribution in [1.82, 2.24) is 10.6 Å². The highest BCUT2D eigenvalue weighted by Gasteiger charge is 2.20. The topological polar surface area (TPSA) is 70.6 Å². The SMILES string of the molecule is COc1cccc(CNCC2CCC(=O)N2)c1O. The van der Waals surface area contributed by atoms with Crippen LogP contribution in [-0.2, 0) is 11.3 Å². The highest BCUT2D eigenvalue weighted by molar-refractivity contribution is 5.78. The maximum atomic E-state index is 11.0. The summed E-state index contributed by atoms with van der Waals surface area (Å²) in [7, 11) is 1.53. The minimum absolute atomic E-state index is 0.117. The Bertz CT molecular complexity index is 434. The summed E-state index contributed by atoms with van der Waals surface area (Å²) >= 11 is 0. The molecule has 98 valence electrons. The second-order valence-corrected chi connectivity index (χ2v) is 4.40. The molecule has 0 radical (unpaired) electrons. The lowest BCUT2D eigenvalue weighted by atomic mass is 10.1. The number of hydrogen-bond donors (Lipinski definition) is 3. The van der Waals surface area contributed by atoms with E-state index in [0.29, 0.717) is 25.3 Å². The Balaban J connectivity index is 1.85. The molecular formula is C13H18N2O3. The molecule has 0 aliphatic carbocycles. The molecule has 1 saturated heterocycles. The van der Waals surface area contributed by atoms with E-state index in [1.165, 1.54) is 7.11 Å². The van der Waals surface area contributed by atoms with Gasteiger partial charge in [-0.05, 0) is 12.5 Å². The zero-order valence-electron chi connectivity index (χ0n) is 10.4. The molecule has 5 heteroatoms. The van der Waals surface area contributed by atoms with Gasteiger partial charge in [0, 0.05) is 31.1 Å². The van der Waals surface area contributed by atoms with Crippen molar-refractivity contribution < 1.29 is 14.6 Å². The summed E-state index contributed by atoms with van der Waals surface area (Å²) in [5.41, 5.74) is 0.790. The Labute approximate surface area is 106 Å². The van der Waals surface area contributed by atoms with Gasteiger partial charge >= 0.3 is 0 Å². The second-order valence-electron chi connectivity index (χ2n) is 4.40. The largest absolute Gasteiger partial charge is 0.504 e. The van der Waals surface area contributed by atoms with E-state index in [0.717, 1.165) is 12.0 Å². The smallest absolute Gasteiger partial charge is 0.220 e. The zero-order chi connectivity index (χ0) is 13.0. The second kappa shape index (κ2) is 5.73. The summed E-state index contributed by atoms with van der Waals surface area (Å²) < 4.78 is 5.04. The van der Waals surface area contributed by atoms with Crippen LogP contribution in [0.3, 0.4) is 0 Å². The number of nitrogens with one attached hydrogen (secondary N) is 2. The van der Waals surface area contributed by atoms with E-state index in [2.05, 4.69) is 10.6 Å². The Morgan fingerprint density at radius 2 is 2.39 bits per heavy atom. The third kappa shape index (κ3) is 2.92. The zero-order valence-corrected chi connectivity index (χ0v) is 10.4. The maximum absolute atomic E-state index is 11.0. The molecule has 2 rings (SSSR count). The number of amides is 1. The first-order chi connectivity index (χ1) is 8.70. The van der Waals surface area contributed by atoms with Gasteiger partial charge in [0.2, 0.25) is 5.91 Å². The van der Waals surface area contributed by atoms with E-state index >= 15 is 0 Å². The third-order valence-electron chi connectivity index (χ3n) is 3.09. The van der Waals surface area contributed by atoms with Crippen LogP contribution in [0.25, 0.3) is 0 Å². The van der Waals surface area contributed by atoms with Gasteiger partial charge in [-0.3, -0.25) is 4.79 Å². The molecule has 0 bridgehead atoms. The molecular weight excluding hydrogens is 232 g/mol. The third-order valence-corrected chi connectivity index (χ3v) is 3.09. The van der Waals surface area contributed by atoms with Crippen LogP contribution in [0.1, 0.15) is 18.4 Å². The molecule has 0 saturated carbocycles. The molecule has 18 heavy (non-hydrogen) atoms. The van der Waals surface area contributed by atoms with Crippen LogP contribution in [0.2, 0.25) is 0 Å². The van der Waals surface area contributed by atoms with E-state index in [1.54, 1.807) is 6.07 Å². The summed E-state index contributed by atoms with van der Waals surface area (Å²) in [6, 6.07) is 5.60. The molecule has 1 fully saturated rings. The van der Waals surface area contributed by atoms with Gasteiger partial charge in [0.05, 0.1) is 7.11 Å². The fourth-order valence-corrected chi connectivity index (χ4v) is 2.09. The van der Waals surface area contributed by atoms with Gasteiger partial charge in [0.25, 0.3) is 0 Å². The van der Waals surface area contributed by atoms with Gasteiger partial charge in [-0.25, -0.2) is 0 Å². The first kappa shape index (κ1) is 12.7. The Kier molecular flexibility index (Phi) is 4.04. The number of para-hydroxylation sites is 1. The van der Waals surface area contributed by atoms with Crippen molar-refractivity contribution in [2.75, 3.05) is 13.7 Å². The first-order valence-corrected chi connectivity index (χ1v) is 6.05. The molecule has 1 heterocycles. The number of hydrogen-bond acceptors (Lipinski definition) is 4. The Morgan fingerprint density at radius 3 is 3.06 bits per heavy atom. The predicted molar refractivity (Wildman–Crippen MR) is 67.5 cm³/mol. The monoisotopic (exact) mass is 250 g/mol. The lowest BCUT2D eigenvalue weighted by Crippen LogP contribution is -2.35. The van der Waals surface area contributed by atoms with Crippen molar-refractivity contribution in [2.24, 2.45) is 0 Å². The van der Waals surface area contributed by atoms with Crippen molar-refractivity contribution in [1.29, 1.82) is 0 Å². The Hall–Kier alpha value is -1.75. The minimum Gasteiger partial charge on any atom is -0.504 e. The average Bonchev–Trinajstić information content (AvgIpc) is 2.77. The molecule has 1 aliphatic rings. The number of methoxy groups -OCH3 is 1. The molecule has 1 aromatic rings. The first-order valence-electron chi connectivity index (χ1n) is 6.05. The van der Waals surface area contributed by atoms with Crippen molar-refractivity contribution in [3.63, 3.8) is 0 Å². The number of rotatable bonds is 5. The summed E-state index contributed by atoms with van der Waals surface area (Å²) in [6.45, 7) is 1.26.